The predicted molar refractivity (Wildman–Crippen MR) is 121 cm³/mol. The van der Waals surface area contributed by atoms with E-state index < -0.39 is 6.61 Å². The van der Waals surface area contributed by atoms with Crippen molar-refractivity contribution in [3.63, 3.8) is 0 Å². The van der Waals surface area contributed by atoms with Crippen LogP contribution in [0.15, 0.2) is 47.5 Å². The van der Waals surface area contributed by atoms with Gasteiger partial charge in [0.15, 0.2) is 5.96 Å². The lowest BCUT2D eigenvalue weighted by molar-refractivity contribution is -0.0504. The van der Waals surface area contributed by atoms with Gasteiger partial charge in [-0.15, -0.1) is 0 Å². The second kappa shape index (κ2) is 11.1. The third-order valence-electron chi connectivity index (χ3n) is 5.85. The highest BCUT2D eigenvalue weighted by molar-refractivity contribution is 5.79. The maximum absolute atomic E-state index is 12.7. The first-order valence-corrected chi connectivity index (χ1v) is 10.7. The fourth-order valence-electron chi connectivity index (χ4n) is 3.98. The lowest BCUT2D eigenvalue weighted by atomic mass is 9.74. The summed E-state index contributed by atoms with van der Waals surface area (Å²) in [6.45, 7) is 1.39. The third-order valence-corrected chi connectivity index (χ3v) is 5.85. The van der Waals surface area contributed by atoms with Crippen molar-refractivity contribution < 1.29 is 23.0 Å². The maximum atomic E-state index is 12.7. The van der Waals surface area contributed by atoms with Crippen molar-refractivity contribution in [3.05, 3.63) is 59.2 Å². The first kappa shape index (κ1) is 23.8. The normalized spacial score (nSPS) is 16.0. The van der Waals surface area contributed by atoms with Gasteiger partial charge in [0, 0.05) is 44.3 Å². The number of nitrogens with zero attached hydrogens (tertiary/aromatic N) is 1. The topological polar surface area (TPSA) is 64.1 Å². The maximum Gasteiger partial charge on any atom is 0.387 e. The fraction of sp³-hybridized carbons (Fsp3) is 0.458. The quantitative estimate of drug-likeness (QED) is 0.473. The highest BCUT2D eigenvalue weighted by atomic mass is 19.3. The molecule has 1 heterocycles. The van der Waals surface area contributed by atoms with E-state index in [4.69, 9.17) is 9.47 Å². The molecule has 2 aromatic carbocycles. The molecule has 0 aromatic heterocycles. The Bertz CT molecular complexity index is 898. The minimum absolute atomic E-state index is 0.102. The Kier molecular flexibility index (Phi) is 8.27. The molecule has 0 bridgehead atoms. The Labute approximate surface area is 188 Å². The second-order valence-corrected chi connectivity index (χ2v) is 7.89. The van der Waals surface area contributed by atoms with Crippen LogP contribution in [0.3, 0.4) is 0 Å². The zero-order valence-corrected chi connectivity index (χ0v) is 18.8. The second-order valence-electron chi connectivity index (χ2n) is 7.89. The number of alkyl halides is 2. The molecule has 0 amide bonds. The molecule has 0 saturated carbocycles. The van der Waals surface area contributed by atoms with E-state index in [-0.39, 0.29) is 11.2 Å². The molecule has 0 unspecified atom stereocenters. The lowest BCUT2D eigenvalue weighted by Crippen LogP contribution is -2.47. The molecule has 1 aliphatic rings. The first-order chi connectivity index (χ1) is 15.5. The van der Waals surface area contributed by atoms with Crippen LogP contribution in [0.2, 0.25) is 0 Å². The summed E-state index contributed by atoms with van der Waals surface area (Å²) in [5, 5.41) is 6.63. The molecule has 0 atom stereocenters. The predicted octanol–water partition coefficient (Wildman–Crippen LogP) is 4.02. The van der Waals surface area contributed by atoms with Gasteiger partial charge in [-0.05, 0) is 43.5 Å². The molecular formula is C24H31F2N3O3. The van der Waals surface area contributed by atoms with Crippen LogP contribution in [-0.2, 0) is 16.7 Å². The molecule has 0 radical (unpaired) electrons. The van der Waals surface area contributed by atoms with Gasteiger partial charge in [-0.2, -0.15) is 8.78 Å². The zero-order valence-electron chi connectivity index (χ0n) is 18.8. The van der Waals surface area contributed by atoms with E-state index in [0.29, 0.717) is 37.8 Å². The average molecular weight is 448 g/mol. The Hall–Kier alpha value is -2.87. The Morgan fingerprint density at radius 3 is 2.47 bits per heavy atom. The molecule has 174 valence electrons. The van der Waals surface area contributed by atoms with Crippen LogP contribution in [0.4, 0.5) is 8.78 Å². The van der Waals surface area contributed by atoms with Crippen molar-refractivity contribution in [3.8, 4) is 11.5 Å². The van der Waals surface area contributed by atoms with Gasteiger partial charge in [0.2, 0.25) is 0 Å². The van der Waals surface area contributed by atoms with Gasteiger partial charge in [-0.3, -0.25) is 4.99 Å². The average Bonchev–Trinajstić information content (AvgIpc) is 2.81. The molecule has 6 nitrogen and oxygen atoms in total. The van der Waals surface area contributed by atoms with Gasteiger partial charge < -0.3 is 24.8 Å². The number of nitrogens with one attached hydrogen (secondary N) is 2. The molecule has 0 spiro atoms. The SMILES string of the molecule is CN=C(NCc1cc(C)ccc1OC(F)F)NCC1(c2ccc(OC)cc2)CCOCC1. The van der Waals surface area contributed by atoms with Crippen LogP contribution in [0.25, 0.3) is 0 Å². The summed E-state index contributed by atoms with van der Waals surface area (Å²) in [4.78, 5) is 4.31. The van der Waals surface area contributed by atoms with Crippen molar-refractivity contribution >= 4 is 5.96 Å². The molecule has 3 rings (SSSR count). The number of methoxy groups -OCH3 is 1. The number of guanidine groups is 1. The summed E-state index contributed by atoms with van der Waals surface area (Å²) in [5.74, 6) is 1.57. The largest absolute Gasteiger partial charge is 0.497 e. The number of hydrogen-bond donors (Lipinski definition) is 2. The molecule has 32 heavy (non-hydrogen) atoms. The zero-order chi connectivity index (χ0) is 23.0. The van der Waals surface area contributed by atoms with E-state index in [9.17, 15) is 8.78 Å². The monoisotopic (exact) mass is 447 g/mol. The van der Waals surface area contributed by atoms with Gasteiger partial charge in [-0.25, -0.2) is 0 Å². The minimum Gasteiger partial charge on any atom is -0.497 e. The van der Waals surface area contributed by atoms with E-state index in [1.807, 2.05) is 25.1 Å². The molecule has 8 heteroatoms. The summed E-state index contributed by atoms with van der Waals surface area (Å²) in [6.07, 6.45) is 1.77. The van der Waals surface area contributed by atoms with E-state index in [1.54, 1.807) is 26.3 Å². The summed E-state index contributed by atoms with van der Waals surface area (Å²) in [5.41, 5.74) is 2.72. The molecular weight excluding hydrogens is 416 g/mol. The van der Waals surface area contributed by atoms with Crippen molar-refractivity contribution in [2.45, 2.75) is 38.3 Å². The molecule has 1 saturated heterocycles. The number of ether oxygens (including phenoxy) is 3. The number of aliphatic imine (C=N–C) groups is 1. The number of rotatable bonds is 8. The van der Waals surface area contributed by atoms with E-state index in [1.165, 1.54) is 5.56 Å². The third kappa shape index (κ3) is 6.09. The smallest absolute Gasteiger partial charge is 0.387 e. The molecule has 0 aliphatic carbocycles. The van der Waals surface area contributed by atoms with E-state index in [0.717, 1.165) is 24.2 Å². The summed E-state index contributed by atoms with van der Waals surface area (Å²) >= 11 is 0. The molecule has 1 aliphatic heterocycles. The lowest BCUT2D eigenvalue weighted by Gasteiger charge is -2.38. The van der Waals surface area contributed by atoms with Crippen molar-refractivity contribution in [1.82, 2.24) is 10.6 Å². The highest BCUT2D eigenvalue weighted by Gasteiger charge is 2.34. The van der Waals surface area contributed by atoms with Crippen molar-refractivity contribution in [2.75, 3.05) is 33.9 Å². The fourth-order valence-corrected chi connectivity index (χ4v) is 3.98. The van der Waals surface area contributed by atoms with Crippen molar-refractivity contribution in [1.29, 1.82) is 0 Å². The van der Waals surface area contributed by atoms with Gasteiger partial charge in [0.1, 0.15) is 11.5 Å². The van der Waals surface area contributed by atoms with Gasteiger partial charge in [0.05, 0.1) is 7.11 Å². The van der Waals surface area contributed by atoms with Gasteiger partial charge in [0.25, 0.3) is 0 Å². The number of halogens is 2. The summed E-state index contributed by atoms with van der Waals surface area (Å²) in [6, 6.07) is 13.3. The summed E-state index contributed by atoms with van der Waals surface area (Å²) in [7, 11) is 3.34. The molecule has 1 fully saturated rings. The van der Waals surface area contributed by atoms with Crippen molar-refractivity contribution in [2.24, 2.45) is 4.99 Å². The highest BCUT2D eigenvalue weighted by Crippen LogP contribution is 2.35. The van der Waals surface area contributed by atoms with Gasteiger partial charge in [-0.1, -0.05) is 29.8 Å². The number of aryl methyl sites for hydroxylation is 1. The van der Waals surface area contributed by atoms with Crippen LogP contribution in [-0.4, -0.2) is 46.5 Å². The van der Waals surface area contributed by atoms with Crippen LogP contribution < -0.4 is 20.1 Å². The van der Waals surface area contributed by atoms with Crippen LogP contribution in [0, 0.1) is 6.92 Å². The van der Waals surface area contributed by atoms with E-state index >= 15 is 0 Å². The number of hydrogen-bond acceptors (Lipinski definition) is 4. The van der Waals surface area contributed by atoms with Crippen LogP contribution in [0.1, 0.15) is 29.5 Å². The minimum atomic E-state index is -2.87. The standard InChI is InChI=1S/C24H31F2N3O3/c1-17-4-9-21(32-22(25)26)18(14-17)15-28-23(27-2)29-16-24(10-12-31-13-11-24)19-5-7-20(30-3)8-6-19/h4-9,14,22H,10-13,15-16H2,1-3H3,(H2,27,28,29). The molecule has 2 N–H and O–H groups in total. The van der Waals surface area contributed by atoms with Crippen LogP contribution in [0.5, 0.6) is 11.5 Å². The van der Waals surface area contributed by atoms with Gasteiger partial charge >= 0.3 is 6.61 Å². The van der Waals surface area contributed by atoms with Crippen LogP contribution >= 0.6 is 0 Å². The van der Waals surface area contributed by atoms with E-state index in [2.05, 4.69) is 32.5 Å². The number of benzene rings is 2. The molecule has 2 aromatic rings. The summed E-state index contributed by atoms with van der Waals surface area (Å²) < 4.78 is 41.1. The Morgan fingerprint density at radius 2 is 1.84 bits per heavy atom. The Morgan fingerprint density at radius 1 is 1.12 bits per heavy atom. The Balaban J connectivity index is 1.68. The first-order valence-electron chi connectivity index (χ1n) is 10.7.